The predicted molar refractivity (Wildman–Crippen MR) is 111 cm³/mol. The third-order valence-electron chi connectivity index (χ3n) is 4.02. The van der Waals surface area contributed by atoms with Gasteiger partial charge in [-0.2, -0.15) is 0 Å². The van der Waals surface area contributed by atoms with Crippen molar-refractivity contribution in [2.45, 2.75) is 12.5 Å². The van der Waals surface area contributed by atoms with Gasteiger partial charge in [0.05, 0.1) is 17.0 Å². The smallest absolute Gasteiger partial charge is 0.322 e. The summed E-state index contributed by atoms with van der Waals surface area (Å²) in [6, 6.07) is 11.4. The van der Waals surface area contributed by atoms with Crippen molar-refractivity contribution >= 4 is 46.6 Å². The summed E-state index contributed by atoms with van der Waals surface area (Å²) in [7, 11) is 1.30. The molecule has 0 aromatic heterocycles. The van der Waals surface area contributed by atoms with Crippen LogP contribution in [0.5, 0.6) is 11.5 Å². The highest BCUT2D eigenvalue weighted by Crippen LogP contribution is 2.31. The zero-order chi connectivity index (χ0) is 21.0. The Balaban J connectivity index is 1.67. The highest BCUT2D eigenvalue weighted by molar-refractivity contribution is 8.18. The summed E-state index contributed by atoms with van der Waals surface area (Å²) in [6.45, 7) is 0. The van der Waals surface area contributed by atoms with Gasteiger partial charge in [-0.25, -0.2) is 0 Å². The fourth-order valence-electron chi connectivity index (χ4n) is 2.57. The number of esters is 1. The number of benzene rings is 2. The molecule has 7 nitrogen and oxygen atoms in total. The van der Waals surface area contributed by atoms with E-state index in [2.05, 4.69) is 10.1 Å². The molecule has 29 heavy (non-hydrogen) atoms. The van der Waals surface area contributed by atoms with Crippen LogP contribution in [0.25, 0.3) is 6.08 Å². The van der Waals surface area contributed by atoms with Gasteiger partial charge < -0.3 is 15.2 Å². The van der Waals surface area contributed by atoms with Crippen molar-refractivity contribution in [2.75, 3.05) is 7.11 Å². The SMILES string of the molecule is COC(=O)[C@@H](N)Cc1ccc(Oc2ccc(/C=C3/SC(=O)NC3=O)c(Cl)c2)cc1. The van der Waals surface area contributed by atoms with E-state index < -0.39 is 23.2 Å². The van der Waals surface area contributed by atoms with Crippen molar-refractivity contribution in [3.8, 4) is 11.5 Å². The molecule has 3 N–H and O–H groups in total. The first-order valence-corrected chi connectivity index (χ1v) is 9.70. The Bertz CT molecular complexity index is 991. The maximum Gasteiger partial charge on any atom is 0.322 e. The quantitative estimate of drug-likeness (QED) is 0.531. The minimum Gasteiger partial charge on any atom is -0.468 e. The molecule has 0 saturated carbocycles. The maximum absolute atomic E-state index is 11.6. The van der Waals surface area contributed by atoms with E-state index in [1.807, 2.05) is 12.1 Å². The third-order valence-corrected chi connectivity index (χ3v) is 5.16. The monoisotopic (exact) mass is 432 g/mol. The van der Waals surface area contributed by atoms with Crippen LogP contribution in [-0.2, 0) is 20.7 Å². The van der Waals surface area contributed by atoms with E-state index in [-0.39, 0.29) is 4.91 Å². The van der Waals surface area contributed by atoms with Crippen LogP contribution in [-0.4, -0.2) is 30.3 Å². The number of methoxy groups -OCH3 is 1. The van der Waals surface area contributed by atoms with Gasteiger partial charge in [-0.3, -0.25) is 19.7 Å². The number of carbonyl (C=O) groups excluding carboxylic acids is 3. The molecule has 0 aliphatic carbocycles. The molecule has 1 aliphatic rings. The molecule has 0 unspecified atom stereocenters. The summed E-state index contributed by atoms with van der Waals surface area (Å²) < 4.78 is 10.4. The lowest BCUT2D eigenvalue weighted by Gasteiger charge is -2.11. The van der Waals surface area contributed by atoms with E-state index in [0.717, 1.165) is 17.3 Å². The first-order valence-electron chi connectivity index (χ1n) is 8.50. The number of hydrogen-bond acceptors (Lipinski definition) is 7. The second kappa shape index (κ2) is 9.13. The third kappa shape index (κ3) is 5.38. The molecular formula is C20H17ClN2O5S. The lowest BCUT2D eigenvalue weighted by atomic mass is 10.1. The van der Waals surface area contributed by atoms with Crippen molar-refractivity contribution in [2.24, 2.45) is 5.73 Å². The summed E-state index contributed by atoms with van der Waals surface area (Å²) in [5, 5.41) is 2.16. The second-order valence-corrected chi connectivity index (χ2v) is 7.54. The Morgan fingerprint density at radius 3 is 2.48 bits per heavy atom. The van der Waals surface area contributed by atoms with Gasteiger partial charge >= 0.3 is 5.97 Å². The largest absolute Gasteiger partial charge is 0.468 e. The van der Waals surface area contributed by atoms with Crippen LogP contribution in [0.4, 0.5) is 4.79 Å². The maximum atomic E-state index is 11.6. The average molecular weight is 433 g/mol. The first-order chi connectivity index (χ1) is 13.9. The Hall–Kier alpha value is -2.81. The highest BCUT2D eigenvalue weighted by Gasteiger charge is 2.25. The van der Waals surface area contributed by atoms with Gasteiger partial charge in [0.25, 0.3) is 11.1 Å². The van der Waals surface area contributed by atoms with Gasteiger partial charge in [0.1, 0.15) is 17.5 Å². The Morgan fingerprint density at radius 1 is 1.21 bits per heavy atom. The highest BCUT2D eigenvalue weighted by atomic mass is 35.5. The zero-order valence-electron chi connectivity index (χ0n) is 15.3. The van der Waals surface area contributed by atoms with Gasteiger partial charge in [-0.05, 0) is 65.7 Å². The predicted octanol–water partition coefficient (Wildman–Crippen LogP) is 3.50. The van der Waals surface area contributed by atoms with Crippen molar-refractivity contribution in [1.82, 2.24) is 5.32 Å². The van der Waals surface area contributed by atoms with Crippen molar-refractivity contribution in [3.05, 3.63) is 63.5 Å². The summed E-state index contributed by atoms with van der Waals surface area (Å²) in [5.41, 5.74) is 7.22. The summed E-state index contributed by atoms with van der Waals surface area (Å²) in [5.74, 6) is 0.186. The number of imide groups is 1. The summed E-state index contributed by atoms with van der Waals surface area (Å²) in [6.07, 6.45) is 1.91. The fraction of sp³-hybridized carbons (Fsp3) is 0.150. The van der Waals surface area contributed by atoms with Gasteiger partial charge in [0, 0.05) is 0 Å². The molecule has 1 fully saturated rings. The number of rotatable bonds is 6. The average Bonchev–Trinajstić information content (AvgIpc) is 3.01. The Kier molecular flexibility index (Phi) is 6.58. The molecule has 150 valence electrons. The number of nitrogens with two attached hydrogens (primary N) is 1. The van der Waals surface area contributed by atoms with Crippen LogP contribution in [0.15, 0.2) is 47.4 Å². The van der Waals surface area contributed by atoms with Crippen LogP contribution >= 0.6 is 23.4 Å². The van der Waals surface area contributed by atoms with E-state index in [9.17, 15) is 14.4 Å². The lowest BCUT2D eigenvalue weighted by molar-refractivity contribution is -0.142. The molecule has 3 rings (SSSR count). The first kappa shape index (κ1) is 20.9. The van der Waals surface area contributed by atoms with Gasteiger partial charge in [-0.1, -0.05) is 23.7 Å². The van der Waals surface area contributed by atoms with E-state index in [1.165, 1.54) is 7.11 Å². The van der Waals surface area contributed by atoms with Crippen LogP contribution in [0.3, 0.4) is 0 Å². The molecule has 0 bridgehead atoms. The molecular weight excluding hydrogens is 416 g/mol. The minimum atomic E-state index is -0.720. The molecule has 1 atom stereocenters. The normalized spacial score (nSPS) is 15.9. The minimum absolute atomic E-state index is 0.284. The number of ether oxygens (including phenoxy) is 2. The number of hydrogen-bond donors (Lipinski definition) is 2. The Morgan fingerprint density at radius 2 is 1.90 bits per heavy atom. The lowest BCUT2D eigenvalue weighted by Crippen LogP contribution is -2.33. The molecule has 1 heterocycles. The zero-order valence-corrected chi connectivity index (χ0v) is 16.9. The van der Waals surface area contributed by atoms with Crippen molar-refractivity contribution in [1.29, 1.82) is 0 Å². The fourth-order valence-corrected chi connectivity index (χ4v) is 3.47. The molecule has 1 saturated heterocycles. The standard InChI is InChI=1S/C20H17ClN2O5S/c1-27-19(25)16(22)8-11-2-5-13(6-3-11)28-14-7-4-12(15(21)10-14)9-17-18(24)23-20(26)29-17/h2-7,9-10,16H,8,22H2,1H3,(H,23,24,26)/b17-9+/t16-/m0/s1. The second-order valence-electron chi connectivity index (χ2n) is 6.12. The molecule has 2 aromatic rings. The van der Waals surface area contributed by atoms with Gasteiger partial charge in [0.15, 0.2) is 0 Å². The molecule has 0 spiro atoms. The van der Waals surface area contributed by atoms with Gasteiger partial charge in [-0.15, -0.1) is 0 Å². The molecule has 2 amide bonds. The molecule has 0 radical (unpaired) electrons. The molecule has 2 aromatic carbocycles. The van der Waals surface area contributed by atoms with E-state index in [0.29, 0.717) is 28.5 Å². The summed E-state index contributed by atoms with van der Waals surface area (Å²) >= 11 is 7.10. The van der Waals surface area contributed by atoms with Crippen LogP contribution in [0.2, 0.25) is 5.02 Å². The van der Waals surface area contributed by atoms with Crippen LogP contribution in [0.1, 0.15) is 11.1 Å². The Labute approximate surface area is 176 Å². The molecule has 1 aliphatic heterocycles. The van der Waals surface area contributed by atoms with Crippen molar-refractivity contribution in [3.63, 3.8) is 0 Å². The van der Waals surface area contributed by atoms with E-state index in [4.69, 9.17) is 22.1 Å². The number of amides is 2. The molecule has 9 heteroatoms. The number of carbonyl (C=O) groups is 3. The summed E-state index contributed by atoms with van der Waals surface area (Å²) in [4.78, 5) is 34.6. The number of thioether (sulfide) groups is 1. The van der Waals surface area contributed by atoms with Crippen molar-refractivity contribution < 1.29 is 23.9 Å². The van der Waals surface area contributed by atoms with E-state index >= 15 is 0 Å². The van der Waals surface area contributed by atoms with E-state index in [1.54, 1.807) is 36.4 Å². The van der Waals surface area contributed by atoms with Crippen LogP contribution in [0, 0.1) is 0 Å². The number of halogens is 1. The van der Waals surface area contributed by atoms with Crippen LogP contribution < -0.4 is 15.8 Å². The van der Waals surface area contributed by atoms with Gasteiger partial charge in [0.2, 0.25) is 0 Å². The number of nitrogens with one attached hydrogen (secondary N) is 1. The topological polar surface area (TPSA) is 108 Å².